The lowest BCUT2D eigenvalue weighted by atomic mass is 10.1. The molecule has 30 heavy (non-hydrogen) atoms. The van der Waals surface area contributed by atoms with Gasteiger partial charge in [0.05, 0.1) is 27.4 Å². The largest absolute Gasteiger partial charge is 0.497 e. The summed E-state index contributed by atoms with van der Waals surface area (Å²) in [6.45, 7) is 3.73. The molecule has 0 radical (unpaired) electrons. The van der Waals surface area contributed by atoms with Crippen LogP contribution in [-0.2, 0) is 17.8 Å². The second-order valence-corrected chi connectivity index (χ2v) is 7.36. The van der Waals surface area contributed by atoms with Gasteiger partial charge in [0.25, 0.3) is 0 Å². The summed E-state index contributed by atoms with van der Waals surface area (Å²) in [6.07, 6.45) is 0.708. The molecular formula is C23H31N3O4. The van der Waals surface area contributed by atoms with E-state index in [0.717, 1.165) is 42.4 Å². The second kappa shape index (κ2) is 10.8. The molecule has 1 atom stereocenters. The van der Waals surface area contributed by atoms with E-state index in [1.807, 2.05) is 36.4 Å². The van der Waals surface area contributed by atoms with Gasteiger partial charge >= 0.3 is 0 Å². The van der Waals surface area contributed by atoms with Gasteiger partial charge in [0.1, 0.15) is 17.2 Å². The molecular weight excluding hydrogens is 382 g/mol. The first-order chi connectivity index (χ1) is 14.6. The Morgan fingerprint density at radius 2 is 1.73 bits per heavy atom. The number of piperazine rings is 1. The van der Waals surface area contributed by atoms with Gasteiger partial charge in [-0.1, -0.05) is 12.1 Å². The molecule has 0 aromatic heterocycles. The van der Waals surface area contributed by atoms with E-state index in [4.69, 9.17) is 14.2 Å². The standard InChI is InChI=1S/C23H31N3O4/c1-28-19-6-4-5-18(13-19)15-26-10-9-24-22(16-26)23(27)25-8-7-17-11-20(29-2)14-21(12-17)30-3/h4-6,11-14,22,24H,7-10,15-16H2,1-3H3,(H,25,27). The first-order valence-electron chi connectivity index (χ1n) is 10.2. The van der Waals surface area contributed by atoms with Crippen LogP contribution < -0.4 is 24.8 Å². The van der Waals surface area contributed by atoms with Crippen LogP contribution >= 0.6 is 0 Å². The third-order valence-corrected chi connectivity index (χ3v) is 5.24. The zero-order chi connectivity index (χ0) is 21.3. The van der Waals surface area contributed by atoms with E-state index >= 15 is 0 Å². The molecule has 162 valence electrons. The first-order valence-corrected chi connectivity index (χ1v) is 10.2. The molecule has 7 nitrogen and oxygen atoms in total. The molecule has 1 aliphatic heterocycles. The van der Waals surface area contributed by atoms with Crippen molar-refractivity contribution in [3.63, 3.8) is 0 Å². The number of benzene rings is 2. The molecule has 1 saturated heterocycles. The van der Waals surface area contributed by atoms with Crippen molar-refractivity contribution in [2.45, 2.75) is 19.0 Å². The van der Waals surface area contributed by atoms with Crippen molar-refractivity contribution in [1.29, 1.82) is 0 Å². The average molecular weight is 414 g/mol. The van der Waals surface area contributed by atoms with Gasteiger partial charge in [0, 0.05) is 38.8 Å². The Balaban J connectivity index is 1.49. The first kappa shape index (κ1) is 21.9. The van der Waals surface area contributed by atoms with Crippen LogP contribution in [0, 0.1) is 0 Å². The molecule has 2 N–H and O–H groups in total. The minimum atomic E-state index is -0.218. The maximum absolute atomic E-state index is 12.7. The fourth-order valence-corrected chi connectivity index (χ4v) is 3.62. The highest BCUT2D eigenvalue weighted by atomic mass is 16.5. The second-order valence-electron chi connectivity index (χ2n) is 7.36. The minimum Gasteiger partial charge on any atom is -0.497 e. The van der Waals surface area contributed by atoms with Crippen molar-refractivity contribution < 1.29 is 19.0 Å². The number of ether oxygens (including phenoxy) is 3. The molecule has 2 aromatic carbocycles. The highest BCUT2D eigenvalue weighted by molar-refractivity contribution is 5.82. The number of hydrogen-bond donors (Lipinski definition) is 2. The van der Waals surface area contributed by atoms with Gasteiger partial charge in [-0.3, -0.25) is 9.69 Å². The molecule has 1 aliphatic rings. The Bertz CT molecular complexity index is 821. The zero-order valence-corrected chi connectivity index (χ0v) is 17.9. The summed E-state index contributed by atoms with van der Waals surface area (Å²) in [7, 11) is 4.94. The quantitative estimate of drug-likeness (QED) is 0.654. The van der Waals surface area contributed by atoms with Crippen molar-refractivity contribution in [3.05, 3.63) is 53.6 Å². The van der Waals surface area contributed by atoms with Crippen LogP contribution in [0.4, 0.5) is 0 Å². The molecule has 3 rings (SSSR count). The Hall–Kier alpha value is -2.77. The van der Waals surface area contributed by atoms with Gasteiger partial charge in [-0.25, -0.2) is 0 Å². The van der Waals surface area contributed by atoms with Gasteiger partial charge in [0.15, 0.2) is 0 Å². The Morgan fingerprint density at radius 1 is 1.03 bits per heavy atom. The average Bonchev–Trinajstić information content (AvgIpc) is 2.79. The van der Waals surface area contributed by atoms with Crippen molar-refractivity contribution in [2.75, 3.05) is 47.5 Å². The van der Waals surface area contributed by atoms with E-state index in [1.165, 1.54) is 5.56 Å². The van der Waals surface area contributed by atoms with Crippen LogP contribution in [0.2, 0.25) is 0 Å². The zero-order valence-electron chi connectivity index (χ0n) is 17.9. The van der Waals surface area contributed by atoms with Crippen molar-refractivity contribution in [3.8, 4) is 17.2 Å². The van der Waals surface area contributed by atoms with Crippen LogP contribution in [0.25, 0.3) is 0 Å². The highest BCUT2D eigenvalue weighted by Crippen LogP contribution is 2.22. The van der Waals surface area contributed by atoms with Gasteiger partial charge in [0.2, 0.25) is 5.91 Å². The summed E-state index contributed by atoms with van der Waals surface area (Å²) in [5.41, 5.74) is 2.24. The van der Waals surface area contributed by atoms with Crippen LogP contribution in [0.15, 0.2) is 42.5 Å². The monoisotopic (exact) mass is 413 g/mol. The number of carbonyl (C=O) groups excluding carboxylic acids is 1. The van der Waals surface area contributed by atoms with E-state index in [1.54, 1.807) is 21.3 Å². The topological polar surface area (TPSA) is 72.1 Å². The van der Waals surface area contributed by atoms with Crippen molar-refractivity contribution >= 4 is 5.91 Å². The van der Waals surface area contributed by atoms with Gasteiger partial charge in [-0.15, -0.1) is 0 Å². The maximum Gasteiger partial charge on any atom is 0.238 e. The van der Waals surface area contributed by atoms with E-state index in [-0.39, 0.29) is 11.9 Å². The summed E-state index contributed by atoms with van der Waals surface area (Å²) in [5.74, 6) is 2.38. The number of rotatable bonds is 9. The van der Waals surface area contributed by atoms with E-state index < -0.39 is 0 Å². The number of methoxy groups -OCH3 is 3. The molecule has 1 heterocycles. The third kappa shape index (κ3) is 6.11. The lowest BCUT2D eigenvalue weighted by Crippen LogP contribution is -2.56. The predicted octanol–water partition coefficient (Wildman–Crippen LogP) is 1.85. The SMILES string of the molecule is COc1cccc(CN2CCNC(C(=O)NCCc3cc(OC)cc(OC)c3)C2)c1. The van der Waals surface area contributed by atoms with Crippen LogP contribution in [0.3, 0.4) is 0 Å². The fourth-order valence-electron chi connectivity index (χ4n) is 3.62. The molecule has 1 fully saturated rings. The van der Waals surface area contributed by atoms with Crippen molar-refractivity contribution in [2.24, 2.45) is 0 Å². The van der Waals surface area contributed by atoms with Crippen LogP contribution in [0.5, 0.6) is 17.2 Å². The van der Waals surface area contributed by atoms with Crippen LogP contribution in [0.1, 0.15) is 11.1 Å². The summed E-state index contributed by atoms with van der Waals surface area (Å²) in [4.78, 5) is 15.0. The summed E-state index contributed by atoms with van der Waals surface area (Å²) >= 11 is 0. The van der Waals surface area contributed by atoms with Crippen molar-refractivity contribution in [1.82, 2.24) is 15.5 Å². The third-order valence-electron chi connectivity index (χ3n) is 5.24. The number of carbonyl (C=O) groups is 1. The molecule has 2 aromatic rings. The summed E-state index contributed by atoms with van der Waals surface area (Å²) in [6, 6.07) is 13.6. The fraction of sp³-hybridized carbons (Fsp3) is 0.435. The number of nitrogens with zero attached hydrogens (tertiary/aromatic N) is 1. The molecule has 0 bridgehead atoms. The maximum atomic E-state index is 12.7. The van der Waals surface area contributed by atoms with Gasteiger partial charge < -0.3 is 24.8 Å². The molecule has 0 aliphatic carbocycles. The molecule has 1 amide bonds. The van der Waals surface area contributed by atoms with E-state index in [0.29, 0.717) is 19.5 Å². The number of nitrogens with one attached hydrogen (secondary N) is 2. The minimum absolute atomic E-state index is 0.0280. The van der Waals surface area contributed by atoms with E-state index in [9.17, 15) is 4.79 Å². The highest BCUT2D eigenvalue weighted by Gasteiger charge is 2.25. The molecule has 1 unspecified atom stereocenters. The molecule has 0 spiro atoms. The lowest BCUT2D eigenvalue weighted by molar-refractivity contribution is -0.124. The Morgan fingerprint density at radius 3 is 2.43 bits per heavy atom. The predicted molar refractivity (Wildman–Crippen MR) is 116 cm³/mol. The van der Waals surface area contributed by atoms with Crippen LogP contribution in [-0.4, -0.2) is 64.4 Å². The Kier molecular flexibility index (Phi) is 7.93. The summed E-state index contributed by atoms with van der Waals surface area (Å²) in [5, 5.41) is 6.37. The smallest absolute Gasteiger partial charge is 0.238 e. The normalized spacial score (nSPS) is 16.7. The summed E-state index contributed by atoms with van der Waals surface area (Å²) < 4.78 is 15.9. The van der Waals surface area contributed by atoms with E-state index in [2.05, 4.69) is 21.6 Å². The van der Waals surface area contributed by atoms with Gasteiger partial charge in [-0.2, -0.15) is 0 Å². The van der Waals surface area contributed by atoms with Gasteiger partial charge in [-0.05, 0) is 41.8 Å². The number of hydrogen-bond acceptors (Lipinski definition) is 6. The Labute approximate surface area is 178 Å². The number of amides is 1. The lowest BCUT2D eigenvalue weighted by Gasteiger charge is -2.33. The molecule has 7 heteroatoms. The molecule has 0 saturated carbocycles.